The number of hydrogen-bond acceptors (Lipinski definition) is 3. The van der Waals surface area contributed by atoms with E-state index in [0.717, 1.165) is 15.4 Å². The Morgan fingerprint density at radius 2 is 1.73 bits per heavy atom. The molecule has 0 aliphatic carbocycles. The normalized spacial score (nSPS) is 25.7. The van der Waals surface area contributed by atoms with Gasteiger partial charge in [-0.2, -0.15) is 4.74 Å². The van der Waals surface area contributed by atoms with Crippen LogP contribution < -0.4 is 0 Å². The minimum absolute atomic E-state index is 0.382. The van der Waals surface area contributed by atoms with E-state index in [-0.39, 0.29) is 5.82 Å². The molecule has 0 aromatic heterocycles. The lowest BCUT2D eigenvalue weighted by Crippen LogP contribution is -2.45. The number of rotatable bonds is 2. The van der Waals surface area contributed by atoms with Gasteiger partial charge in [-0.3, -0.25) is 0 Å². The maximum atomic E-state index is 13.1. The van der Waals surface area contributed by atoms with Gasteiger partial charge in [0.05, 0.1) is 0 Å². The second kappa shape index (κ2) is 5.19. The van der Waals surface area contributed by atoms with Gasteiger partial charge in [0.2, 0.25) is 5.71 Å². The quantitative estimate of drug-likeness (QED) is 0.685. The van der Waals surface area contributed by atoms with Crippen LogP contribution in [-0.4, -0.2) is 26.8 Å². The Balaban J connectivity index is 2.16. The highest BCUT2D eigenvalue weighted by Crippen LogP contribution is 2.36. The molecular formula is C17H17FN2O2. The summed E-state index contributed by atoms with van der Waals surface area (Å²) < 4.78 is 13.9. The van der Waals surface area contributed by atoms with Crippen molar-refractivity contribution in [3.63, 3.8) is 0 Å². The summed E-state index contributed by atoms with van der Waals surface area (Å²) in [6.07, 6.45) is 0. The molecule has 0 amide bonds. The maximum Gasteiger partial charge on any atom is 0.274 e. The van der Waals surface area contributed by atoms with Gasteiger partial charge in [0.15, 0.2) is 0 Å². The van der Waals surface area contributed by atoms with Gasteiger partial charge in [-0.25, -0.2) is 4.39 Å². The summed E-state index contributed by atoms with van der Waals surface area (Å²) in [6.45, 7) is 3.39. The highest BCUT2D eigenvalue weighted by molar-refractivity contribution is 6.01. The topological polar surface area (TPSA) is 49.5 Å². The summed E-state index contributed by atoms with van der Waals surface area (Å²) in [7, 11) is 0. The van der Waals surface area contributed by atoms with E-state index in [0.29, 0.717) is 11.3 Å². The van der Waals surface area contributed by atoms with Gasteiger partial charge in [-0.1, -0.05) is 18.2 Å². The third kappa shape index (κ3) is 2.01. The van der Waals surface area contributed by atoms with Gasteiger partial charge in [-0.15, -0.1) is 5.06 Å². The van der Waals surface area contributed by atoms with Gasteiger partial charge in [0.1, 0.15) is 11.9 Å². The summed E-state index contributed by atoms with van der Waals surface area (Å²) in [6, 6.07) is 14.4. The summed E-state index contributed by atoms with van der Waals surface area (Å²) in [5.41, 5.74) is 0.479. The third-order valence-electron chi connectivity index (χ3n) is 4.28. The monoisotopic (exact) mass is 300 g/mol. The summed E-state index contributed by atoms with van der Waals surface area (Å²) in [4.78, 5) is 0. The van der Waals surface area contributed by atoms with E-state index in [2.05, 4.69) is 0 Å². The van der Waals surface area contributed by atoms with Crippen LogP contribution in [0.4, 0.5) is 4.39 Å². The van der Waals surface area contributed by atoms with Crippen LogP contribution in [0.25, 0.3) is 0 Å². The number of halogens is 1. The molecule has 114 valence electrons. The van der Waals surface area contributed by atoms with Crippen molar-refractivity contribution in [1.29, 1.82) is 0 Å². The maximum absolute atomic E-state index is 13.1. The first-order chi connectivity index (χ1) is 10.5. The second-order valence-corrected chi connectivity index (χ2v) is 5.59. The zero-order chi connectivity index (χ0) is 15.9. The lowest BCUT2D eigenvalue weighted by atomic mass is 10.0. The van der Waals surface area contributed by atoms with Crippen molar-refractivity contribution in [2.75, 3.05) is 0 Å². The standard InChI is InChI=1S/C17H17FN2O2/c1-12-16(13-6-4-3-5-7-13)20(22)17(2,19(12)21)14-8-10-15(18)11-9-14/h3-12,21H,1-2H3/t12-,17-/m1/s1. The molecule has 1 heterocycles. The molecule has 5 heteroatoms. The molecular weight excluding hydrogens is 283 g/mol. The first kappa shape index (κ1) is 14.7. The Morgan fingerprint density at radius 3 is 2.32 bits per heavy atom. The van der Waals surface area contributed by atoms with Crippen LogP contribution in [0, 0.1) is 11.0 Å². The van der Waals surface area contributed by atoms with Gasteiger partial charge in [0, 0.05) is 18.1 Å². The van der Waals surface area contributed by atoms with Crippen LogP contribution in [0.3, 0.4) is 0 Å². The Kier molecular flexibility index (Phi) is 3.47. The van der Waals surface area contributed by atoms with Crippen LogP contribution in [0.5, 0.6) is 0 Å². The fourth-order valence-electron chi connectivity index (χ4n) is 2.97. The van der Waals surface area contributed by atoms with Crippen molar-refractivity contribution < 1.29 is 14.3 Å². The third-order valence-corrected chi connectivity index (χ3v) is 4.28. The van der Waals surface area contributed by atoms with Gasteiger partial charge in [0.25, 0.3) is 5.66 Å². The predicted octanol–water partition coefficient (Wildman–Crippen LogP) is 3.09. The van der Waals surface area contributed by atoms with E-state index in [1.807, 2.05) is 30.3 Å². The fraction of sp³-hybridized carbons (Fsp3) is 0.235. The van der Waals surface area contributed by atoms with Crippen molar-refractivity contribution in [2.45, 2.75) is 25.6 Å². The van der Waals surface area contributed by atoms with Crippen molar-refractivity contribution in [3.8, 4) is 0 Å². The molecule has 2 aromatic carbocycles. The lowest BCUT2D eigenvalue weighted by Gasteiger charge is -2.29. The molecule has 4 nitrogen and oxygen atoms in total. The van der Waals surface area contributed by atoms with Crippen LogP contribution >= 0.6 is 0 Å². The lowest BCUT2D eigenvalue weighted by molar-refractivity contribution is -0.595. The smallest absolute Gasteiger partial charge is 0.274 e. The average Bonchev–Trinajstić information content (AvgIpc) is 2.71. The van der Waals surface area contributed by atoms with E-state index in [9.17, 15) is 14.8 Å². The van der Waals surface area contributed by atoms with E-state index in [1.165, 1.54) is 24.3 Å². The Bertz CT molecular complexity index is 715. The number of hydrogen-bond donors (Lipinski definition) is 1. The van der Waals surface area contributed by atoms with E-state index >= 15 is 0 Å². The SMILES string of the molecule is C[C@@H]1C(c2ccccc2)=[N+]([O-])[C@](C)(c2ccc(F)cc2)N1O. The molecule has 2 aromatic rings. The Labute approximate surface area is 128 Å². The first-order valence-electron chi connectivity index (χ1n) is 7.10. The minimum Gasteiger partial charge on any atom is -0.622 e. The van der Waals surface area contributed by atoms with Crippen molar-refractivity contribution in [2.24, 2.45) is 0 Å². The molecule has 1 aliphatic rings. The van der Waals surface area contributed by atoms with E-state index in [4.69, 9.17) is 0 Å². The average molecular weight is 300 g/mol. The second-order valence-electron chi connectivity index (χ2n) is 5.59. The zero-order valence-electron chi connectivity index (χ0n) is 12.4. The fourth-order valence-corrected chi connectivity index (χ4v) is 2.97. The van der Waals surface area contributed by atoms with Gasteiger partial charge < -0.3 is 10.4 Å². The van der Waals surface area contributed by atoms with Crippen LogP contribution in [0.1, 0.15) is 25.0 Å². The molecule has 0 saturated heterocycles. The van der Waals surface area contributed by atoms with Gasteiger partial charge >= 0.3 is 0 Å². The number of nitrogens with zero attached hydrogens (tertiary/aromatic N) is 2. The molecule has 0 radical (unpaired) electrons. The molecule has 3 rings (SSSR count). The highest BCUT2D eigenvalue weighted by atomic mass is 19.1. The Hall–Kier alpha value is -2.24. The van der Waals surface area contributed by atoms with Crippen LogP contribution in [-0.2, 0) is 5.66 Å². The summed E-state index contributed by atoms with van der Waals surface area (Å²) in [5.74, 6) is -0.382. The van der Waals surface area contributed by atoms with Crippen LogP contribution in [0.15, 0.2) is 54.6 Å². The van der Waals surface area contributed by atoms with E-state index in [1.54, 1.807) is 13.8 Å². The summed E-state index contributed by atoms with van der Waals surface area (Å²) in [5, 5.41) is 24.5. The largest absolute Gasteiger partial charge is 0.622 e. The zero-order valence-corrected chi connectivity index (χ0v) is 12.4. The molecule has 22 heavy (non-hydrogen) atoms. The molecule has 2 atom stereocenters. The highest BCUT2D eigenvalue weighted by Gasteiger charge is 2.54. The van der Waals surface area contributed by atoms with Crippen LogP contribution in [0.2, 0.25) is 0 Å². The van der Waals surface area contributed by atoms with Crippen molar-refractivity contribution in [1.82, 2.24) is 5.06 Å². The molecule has 0 saturated carbocycles. The summed E-state index contributed by atoms with van der Waals surface area (Å²) >= 11 is 0. The molecule has 0 spiro atoms. The molecule has 0 unspecified atom stereocenters. The molecule has 0 fully saturated rings. The first-order valence-corrected chi connectivity index (χ1v) is 7.10. The van der Waals surface area contributed by atoms with Gasteiger partial charge in [-0.05, 0) is 43.3 Å². The molecule has 0 bridgehead atoms. The molecule has 1 N–H and O–H groups in total. The number of benzene rings is 2. The van der Waals surface area contributed by atoms with E-state index < -0.39 is 11.7 Å². The Morgan fingerprint density at radius 1 is 1.14 bits per heavy atom. The minimum atomic E-state index is -1.29. The predicted molar refractivity (Wildman–Crippen MR) is 81.0 cm³/mol. The number of hydroxylamine groups is 3. The van der Waals surface area contributed by atoms with Crippen molar-refractivity contribution in [3.05, 3.63) is 76.7 Å². The van der Waals surface area contributed by atoms with Crippen molar-refractivity contribution >= 4 is 5.71 Å². The molecule has 1 aliphatic heterocycles.